The second-order valence-corrected chi connectivity index (χ2v) is 4.26. The fraction of sp³-hybridized carbons (Fsp3) is 0.583. The van der Waals surface area contributed by atoms with Crippen LogP contribution >= 0.6 is 0 Å². The van der Waals surface area contributed by atoms with E-state index < -0.39 is 0 Å². The molecule has 1 saturated heterocycles. The van der Waals surface area contributed by atoms with Gasteiger partial charge in [0.1, 0.15) is 5.82 Å². The molecule has 0 radical (unpaired) electrons. The predicted molar refractivity (Wildman–Crippen MR) is 63.1 cm³/mol. The number of hydrogen-bond donors (Lipinski definition) is 2. The van der Waals surface area contributed by atoms with Gasteiger partial charge in [-0.2, -0.15) is 0 Å². The van der Waals surface area contributed by atoms with Gasteiger partial charge >= 0.3 is 0 Å². The highest BCUT2D eigenvalue weighted by Gasteiger charge is 2.11. The molecule has 0 amide bonds. The lowest BCUT2D eigenvalue weighted by Gasteiger charge is -2.16. The summed E-state index contributed by atoms with van der Waals surface area (Å²) in [4.78, 5) is 4.36. The second kappa shape index (κ2) is 5.12. The first-order valence-corrected chi connectivity index (χ1v) is 5.74. The van der Waals surface area contributed by atoms with Crippen molar-refractivity contribution in [1.82, 2.24) is 10.3 Å². The third-order valence-electron chi connectivity index (χ3n) is 2.81. The maximum Gasteiger partial charge on any atom is 0.126 e. The van der Waals surface area contributed by atoms with Crippen molar-refractivity contribution in [3.63, 3.8) is 0 Å². The SMILES string of the molecule is Cc1ccc(NC2CCCCNC2)nc1. The van der Waals surface area contributed by atoms with Gasteiger partial charge < -0.3 is 10.6 Å². The lowest BCUT2D eigenvalue weighted by Crippen LogP contribution is -2.31. The average molecular weight is 205 g/mol. The van der Waals surface area contributed by atoms with Crippen LogP contribution in [0.3, 0.4) is 0 Å². The van der Waals surface area contributed by atoms with Gasteiger partial charge in [-0.05, 0) is 37.9 Å². The van der Waals surface area contributed by atoms with Gasteiger partial charge in [0.15, 0.2) is 0 Å². The Morgan fingerprint density at radius 2 is 2.33 bits per heavy atom. The number of aryl methyl sites for hydroxylation is 1. The first-order valence-electron chi connectivity index (χ1n) is 5.74. The Hall–Kier alpha value is -1.09. The molecule has 0 aromatic carbocycles. The molecule has 1 aromatic rings. The number of pyridine rings is 1. The Balaban J connectivity index is 1.92. The van der Waals surface area contributed by atoms with Crippen molar-refractivity contribution in [3.05, 3.63) is 23.9 Å². The minimum Gasteiger partial charge on any atom is -0.366 e. The maximum atomic E-state index is 4.36. The van der Waals surface area contributed by atoms with Crippen molar-refractivity contribution in [2.75, 3.05) is 18.4 Å². The van der Waals surface area contributed by atoms with Gasteiger partial charge in [-0.15, -0.1) is 0 Å². The van der Waals surface area contributed by atoms with Crippen LogP contribution in [-0.4, -0.2) is 24.1 Å². The summed E-state index contributed by atoms with van der Waals surface area (Å²) in [6.07, 6.45) is 5.74. The van der Waals surface area contributed by atoms with Crippen LogP contribution in [0, 0.1) is 6.92 Å². The van der Waals surface area contributed by atoms with E-state index in [0.717, 1.165) is 18.9 Å². The highest BCUT2D eigenvalue weighted by atomic mass is 15.0. The molecular weight excluding hydrogens is 186 g/mol. The molecule has 2 heterocycles. The van der Waals surface area contributed by atoms with Crippen molar-refractivity contribution in [1.29, 1.82) is 0 Å². The zero-order valence-corrected chi connectivity index (χ0v) is 9.29. The van der Waals surface area contributed by atoms with Crippen molar-refractivity contribution in [2.45, 2.75) is 32.2 Å². The first kappa shape index (κ1) is 10.4. The van der Waals surface area contributed by atoms with E-state index in [4.69, 9.17) is 0 Å². The maximum absolute atomic E-state index is 4.36. The predicted octanol–water partition coefficient (Wildman–Crippen LogP) is 1.94. The van der Waals surface area contributed by atoms with Gasteiger partial charge in [-0.3, -0.25) is 0 Å². The van der Waals surface area contributed by atoms with E-state index in [1.54, 1.807) is 0 Å². The highest BCUT2D eigenvalue weighted by Crippen LogP contribution is 2.11. The summed E-state index contributed by atoms with van der Waals surface area (Å²) in [5.74, 6) is 0.995. The molecule has 0 spiro atoms. The molecule has 0 bridgehead atoms. The number of anilines is 1. The zero-order chi connectivity index (χ0) is 10.5. The van der Waals surface area contributed by atoms with E-state index in [9.17, 15) is 0 Å². The van der Waals surface area contributed by atoms with Crippen LogP contribution in [0.1, 0.15) is 24.8 Å². The van der Waals surface area contributed by atoms with Crippen LogP contribution in [0.4, 0.5) is 5.82 Å². The van der Waals surface area contributed by atoms with Crippen LogP contribution in [0.15, 0.2) is 18.3 Å². The summed E-state index contributed by atoms with van der Waals surface area (Å²) in [6.45, 7) is 4.26. The highest BCUT2D eigenvalue weighted by molar-refractivity contribution is 5.36. The van der Waals surface area contributed by atoms with E-state index in [1.165, 1.54) is 24.8 Å². The Kier molecular flexibility index (Phi) is 3.56. The Morgan fingerprint density at radius 3 is 3.13 bits per heavy atom. The van der Waals surface area contributed by atoms with Gasteiger partial charge in [0, 0.05) is 18.8 Å². The minimum absolute atomic E-state index is 0.530. The molecule has 0 aliphatic carbocycles. The summed E-state index contributed by atoms with van der Waals surface area (Å²) in [6, 6.07) is 4.68. The second-order valence-electron chi connectivity index (χ2n) is 4.26. The third-order valence-corrected chi connectivity index (χ3v) is 2.81. The smallest absolute Gasteiger partial charge is 0.126 e. The Labute approximate surface area is 91.3 Å². The van der Waals surface area contributed by atoms with E-state index >= 15 is 0 Å². The fourth-order valence-corrected chi connectivity index (χ4v) is 1.90. The van der Waals surface area contributed by atoms with Crippen LogP contribution < -0.4 is 10.6 Å². The minimum atomic E-state index is 0.530. The van der Waals surface area contributed by atoms with E-state index in [1.807, 2.05) is 6.20 Å². The number of hydrogen-bond acceptors (Lipinski definition) is 3. The van der Waals surface area contributed by atoms with Crippen LogP contribution in [-0.2, 0) is 0 Å². The van der Waals surface area contributed by atoms with Gasteiger partial charge in [0.2, 0.25) is 0 Å². The van der Waals surface area contributed by atoms with Gasteiger partial charge in [0.25, 0.3) is 0 Å². The molecule has 82 valence electrons. The van der Waals surface area contributed by atoms with E-state index in [-0.39, 0.29) is 0 Å². The fourth-order valence-electron chi connectivity index (χ4n) is 1.90. The molecule has 1 unspecified atom stereocenters. The molecule has 1 aliphatic heterocycles. The molecule has 3 heteroatoms. The van der Waals surface area contributed by atoms with Gasteiger partial charge in [-0.1, -0.05) is 12.5 Å². The molecule has 1 atom stereocenters. The molecular formula is C12H19N3. The summed E-state index contributed by atoms with van der Waals surface area (Å²) >= 11 is 0. The standard InChI is InChI=1S/C12H19N3/c1-10-5-6-12(14-8-10)15-11-4-2-3-7-13-9-11/h5-6,8,11,13H,2-4,7,9H2,1H3,(H,14,15). The van der Waals surface area contributed by atoms with Crippen LogP contribution in [0.5, 0.6) is 0 Å². The summed E-state index contributed by atoms with van der Waals surface area (Å²) in [5.41, 5.74) is 1.21. The molecule has 15 heavy (non-hydrogen) atoms. The normalized spacial score (nSPS) is 22.1. The monoisotopic (exact) mass is 205 g/mol. The van der Waals surface area contributed by atoms with Crippen LogP contribution in [0.25, 0.3) is 0 Å². The van der Waals surface area contributed by atoms with E-state index in [0.29, 0.717) is 6.04 Å². The molecule has 2 N–H and O–H groups in total. The average Bonchev–Trinajstić information content (AvgIpc) is 2.50. The molecule has 3 nitrogen and oxygen atoms in total. The Bertz CT molecular complexity index is 286. The number of rotatable bonds is 2. The number of nitrogens with one attached hydrogen (secondary N) is 2. The molecule has 2 rings (SSSR count). The Morgan fingerprint density at radius 1 is 1.40 bits per heavy atom. The zero-order valence-electron chi connectivity index (χ0n) is 9.29. The molecule has 0 saturated carbocycles. The van der Waals surface area contributed by atoms with Gasteiger partial charge in [0.05, 0.1) is 0 Å². The topological polar surface area (TPSA) is 37.0 Å². The lowest BCUT2D eigenvalue weighted by atomic mass is 10.1. The van der Waals surface area contributed by atoms with Crippen molar-refractivity contribution >= 4 is 5.82 Å². The van der Waals surface area contributed by atoms with Crippen molar-refractivity contribution < 1.29 is 0 Å². The summed E-state index contributed by atoms with van der Waals surface area (Å²) < 4.78 is 0. The summed E-state index contributed by atoms with van der Waals surface area (Å²) in [5, 5.41) is 6.91. The number of nitrogens with zero attached hydrogens (tertiary/aromatic N) is 1. The molecule has 1 fully saturated rings. The lowest BCUT2D eigenvalue weighted by molar-refractivity contribution is 0.634. The largest absolute Gasteiger partial charge is 0.366 e. The van der Waals surface area contributed by atoms with Crippen LogP contribution in [0.2, 0.25) is 0 Å². The van der Waals surface area contributed by atoms with E-state index in [2.05, 4.69) is 34.7 Å². The quantitative estimate of drug-likeness (QED) is 0.775. The number of aromatic nitrogens is 1. The molecule has 1 aliphatic rings. The summed E-state index contributed by atoms with van der Waals surface area (Å²) in [7, 11) is 0. The third kappa shape index (κ3) is 3.20. The van der Waals surface area contributed by atoms with Gasteiger partial charge in [-0.25, -0.2) is 4.98 Å². The molecule has 1 aromatic heterocycles. The van der Waals surface area contributed by atoms with Crippen molar-refractivity contribution in [2.24, 2.45) is 0 Å². The van der Waals surface area contributed by atoms with Crippen molar-refractivity contribution in [3.8, 4) is 0 Å². The first-order chi connectivity index (χ1) is 7.34.